The Morgan fingerprint density at radius 3 is 2.47 bits per heavy atom. The van der Waals surface area contributed by atoms with Crippen LogP contribution in [-0.4, -0.2) is 6.61 Å². The predicted molar refractivity (Wildman–Crippen MR) is 65.6 cm³/mol. The van der Waals surface area contributed by atoms with Gasteiger partial charge in [0.1, 0.15) is 5.75 Å². The molecule has 0 unspecified atom stereocenters. The van der Waals surface area contributed by atoms with Crippen molar-refractivity contribution in [2.75, 3.05) is 6.61 Å². The van der Waals surface area contributed by atoms with Crippen LogP contribution in [0.1, 0.15) is 32.8 Å². The molecule has 0 spiro atoms. The maximum atomic E-state index is 5.82. The fourth-order valence-corrected chi connectivity index (χ4v) is 1.44. The van der Waals surface area contributed by atoms with Gasteiger partial charge in [-0.15, -0.1) is 11.6 Å². The summed E-state index contributed by atoms with van der Waals surface area (Å²) in [5, 5.41) is 0. The Hall–Kier alpha value is -0.690. The Bertz CT molecular complexity index is 302. The maximum Gasteiger partial charge on any atom is 0.123 e. The molecule has 0 bridgehead atoms. The summed E-state index contributed by atoms with van der Waals surface area (Å²) < 4.78 is 5.72. The third-order valence-corrected chi connectivity index (χ3v) is 2.51. The quantitative estimate of drug-likeness (QED) is 0.698. The van der Waals surface area contributed by atoms with Crippen molar-refractivity contribution in [2.24, 2.45) is 5.41 Å². The maximum absolute atomic E-state index is 5.82. The first-order valence-corrected chi connectivity index (χ1v) is 5.83. The van der Waals surface area contributed by atoms with Crippen LogP contribution < -0.4 is 4.74 Å². The number of para-hydroxylation sites is 1. The van der Waals surface area contributed by atoms with E-state index >= 15 is 0 Å². The van der Waals surface area contributed by atoms with E-state index in [4.69, 9.17) is 16.3 Å². The second-order valence-electron chi connectivity index (χ2n) is 4.90. The highest BCUT2D eigenvalue weighted by Crippen LogP contribution is 2.22. The molecule has 15 heavy (non-hydrogen) atoms. The molecule has 0 aromatic heterocycles. The van der Waals surface area contributed by atoms with Gasteiger partial charge in [-0.2, -0.15) is 0 Å². The summed E-state index contributed by atoms with van der Waals surface area (Å²) in [6.07, 6.45) is 1.05. The summed E-state index contributed by atoms with van der Waals surface area (Å²) in [7, 11) is 0. The molecule has 0 aliphatic rings. The smallest absolute Gasteiger partial charge is 0.123 e. The highest BCUT2D eigenvalue weighted by Gasteiger charge is 2.10. The van der Waals surface area contributed by atoms with E-state index in [1.54, 1.807) is 0 Å². The molecule has 1 rings (SSSR count). The molecule has 0 saturated carbocycles. The summed E-state index contributed by atoms with van der Waals surface area (Å²) in [6.45, 7) is 7.38. The van der Waals surface area contributed by atoms with E-state index < -0.39 is 0 Å². The van der Waals surface area contributed by atoms with Crippen LogP contribution in [0.2, 0.25) is 0 Å². The van der Waals surface area contributed by atoms with Gasteiger partial charge in [0.25, 0.3) is 0 Å². The van der Waals surface area contributed by atoms with Gasteiger partial charge >= 0.3 is 0 Å². The van der Waals surface area contributed by atoms with Gasteiger partial charge in [-0.3, -0.25) is 0 Å². The Kier molecular flexibility index (Phi) is 4.46. The Labute approximate surface area is 97.4 Å². The van der Waals surface area contributed by atoms with Gasteiger partial charge in [0.2, 0.25) is 0 Å². The van der Waals surface area contributed by atoms with Crippen LogP contribution in [0.25, 0.3) is 0 Å². The van der Waals surface area contributed by atoms with Gasteiger partial charge in [-0.25, -0.2) is 0 Å². The minimum Gasteiger partial charge on any atom is -0.493 e. The van der Waals surface area contributed by atoms with Gasteiger partial charge in [-0.1, -0.05) is 39.0 Å². The monoisotopic (exact) mass is 226 g/mol. The van der Waals surface area contributed by atoms with E-state index in [0.717, 1.165) is 24.3 Å². The Morgan fingerprint density at radius 1 is 1.20 bits per heavy atom. The molecule has 0 aliphatic heterocycles. The standard InChI is InChI=1S/C13H19ClO/c1-13(2,3)8-9-15-12-7-5-4-6-11(12)10-14/h4-7H,8-10H2,1-3H3. The van der Waals surface area contributed by atoms with Gasteiger partial charge in [0.05, 0.1) is 12.5 Å². The third-order valence-electron chi connectivity index (χ3n) is 2.23. The van der Waals surface area contributed by atoms with Crippen molar-refractivity contribution in [1.82, 2.24) is 0 Å². The normalized spacial score (nSPS) is 11.5. The van der Waals surface area contributed by atoms with E-state index in [1.807, 2.05) is 24.3 Å². The highest BCUT2D eigenvalue weighted by molar-refractivity contribution is 6.17. The second-order valence-corrected chi connectivity index (χ2v) is 5.17. The van der Waals surface area contributed by atoms with Crippen molar-refractivity contribution in [3.63, 3.8) is 0 Å². The first-order chi connectivity index (χ1) is 7.03. The molecular weight excluding hydrogens is 208 g/mol. The minimum absolute atomic E-state index is 0.315. The average molecular weight is 227 g/mol. The zero-order chi connectivity index (χ0) is 11.3. The lowest BCUT2D eigenvalue weighted by atomic mass is 9.93. The van der Waals surface area contributed by atoms with Gasteiger partial charge in [0.15, 0.2) is 0 Å². The summed E-state index contributed by atoms with van der Waals surface area (Å²) in [5.41, 5.74) is 1.38. The van der Waals surface area contributed by atoms with E-state index in [2.05, 4.69) is 20.8 Å². The first-order valence-electron chi connectivity index (χ1n) is 5.29. The van der Waals surface area contributed by atoms with E-state index in [-0.39, 0.29) is 0 Å². The fraction of sp³-hybridized carbons (Fsp3) is 0.538. The summed E-state index contributed by atoms with van der Waals surface area (Å²) in [4.78, 5) is 0. The number of benzene rings is 1. The molecule has 2 heteroatoms. The average Bonchev–Trinajstić information content (AvgIpc) is 2.16. The van der Waals surface area contributed by atoms with Crippen LogP contribution in [-0.2, 0) is 5.88 Å². The lowest BCUT2D eigenvalue weighted by molar-refractivity contribution is 0.242. The van der Waals surface area contributed by atoms with Crippen LogP contribution in [0.5, 0.6) is 5.75 Å². The molecular formula is C13H19ClO. The van der Waals surface area contributed by atoms with Gasteiger partial charge < -0.3 is 4.74 Å². The van der Waals surface area contributed by atoms with E-state index in [0.29, 0.717) is 11.3 Å². The molecule has 84 valence electrons. The predicted octanol–water partition coefficient (Wildman–Crippen LogP) is 4.24. The number of hydrogen-bond acceptors (Lipinski definition) is 1. The number of rotatable bonds is 4. The lowest BCUT2D eigenvalue weighted by Gasteiger charge is -2.18. The molecule has 0 saturated heterocycles. The molecule has 0 radical (unpaired) electrons. The van der Waals surface area contributed by atoms with Crippen molar-refractivity contribution in [3.8, 4) is 5.75 Å². The first kappa shape index (κ1) is 12.4. The molecule has 0 atom stereocenters. The zero-order valence-corrected chi connectivity index (χ0v) is 10.5. The van der Waals surface area contributed by atoms with Crippen molar-refractivity contribution in [3.05, 3.63) is 29.8 Å². The lowest BCUT2D eigenvalue weighted by Crippen LogP contribution is -2.11. The number of halogens is 1. The van der Waals surface area contributed by atoms with Crippen molar-refractivity contribution in [2.45, 2.75) is 33.1 Å². The SMILES string of the molecule is CC(C)(C)CCOc1ccccc1CCl. The number of alkyl halides is 1. The van der Waals surface area contributed by atoms with E-state index in [1.165, 1.54) is 0 Å². The topological polar surface area (TPSA) is 9.23 Å². The minimum atomic E-state index is 0.315. The number of hydrogen-bond donors (Lipinski definition) is 0. The third kappa shape index (κ3) is 4.57. The zero-order valence-electron chi connectivity index (χ0n) is 9.72. The molecule has 0 aliphatic carbocycles. The molecule has 0 N–H and O–H groups in total. The molecule has 1 nitrogen and oxygen atoms in total. The van der Waals surface area contributed by atoms with E-state index in [9.17, 15) is 0 Å². The Balaban J connectivity index is 2.50. The van der Waals surface area contributed by atoms with Crippen LogP contribution in [0.15, 0.2) is 24.3 Å². The van der Waals surface area contributed by atoms with Crippen molar-refractivity contribution < 1.29 is 4.74 Å². The van der Waals surface area contributed by atoms with Crippen LogP contribution in [0.3, 0.4) is 0 Å². The van der Waals surface area contributed by atoms with Gasteiger partial charge in [-0.05, 0) is 17.9 Å². The number of ether oxygens (including phenoxy) is 1. The second kappa shape index (κ2) is 5.41. The molecule has 1 aromatic rings. The van der Waals surface area contributed by atoms with Crippen LogP contribution >= 0.6 is 11.6 Å². The van der Waals surface area contributed by atoms with Crippen molar-refractivity contribution >= 4 is 11.6 Å². The van der Waals surface area contributed by atoms with Crippen LogP contribution in [0.4, 0.5) is 0 Å². The summed E-state index contributed by atoms with van der Waals surface area (Å²) >= 11 is 5.82. The Morgan fingerprint density at radius 2 is 1.87 bits per heavy atom. The molecule has 0 fully saturated rings. The van der Waals surface area contributed by atoms with Gasteiger partial charge in [0, 0.05) is 5.56 Å². The van der Waals surface area contributed by atoms with Crippen molar-refractivity contribution in [1.29, 1.82) is 0 Å². The fourth-order valence-electron chi connectivity index (χ4n) is 1.22. The van der Waals surface area contributed by atoms with Crippen LogP contribution in [0, 0.1) is 5.41 Å². The summed E-state index contributed by atoms with van der Waals surface area (Å²) in [5.74, 6) is 1.42. The molecule has 0 amide bonds. The molecule has 1 aromatic carbocycles. The summed E-state index contributed by atoms with van der Waals surface area (Å²) in [6, 6.07) is 7.93. The molecule has 0 heterocycles. The highest BCUT2D eigenvalue weighted by atomic mass is 35.5. The largest absolute Gasteiger partial charge is 0.493 e.